The summed E-state index contributed by atoms with van der Waals surface area (Å²) >= 11 is 0. The normalized spacial score (nSPS) is 9.59. The number of hydrogen-bond donors (Lipinski definition) is 3. The molecule has 1 rings (SSSR count). The Morgan fingerprint density at radius 3 is 2.59 bits per heavy atom. The molecule has 0 aliphatic heterocycles. The van der Waals surface area contributed by atoms with Crippen LogP contribution in [0.5, 0.6) is 5.75 Å². The molecule has 7 nitrogen and oxygen atoms in total. The Bertz CT molecular complexity index is 502. The van der Waals surface area contributed by atoms with Crippen LogP contribution in [0.25, 0.3) is 0 Å². The van der Waals surface area contributed by atoms with E-state index in [1.807, 2.05) is 0 Å². The number of anilines is 1. The van der Waals surface area contributed by atoms with Crippen molar-refractivity contribution >= 4 is 29.9 Å². The van der Waals surface area contributed by atoms with Gasteiger partial charge in [0.05, 0.1) is 19.7 Å². The van der Waals surface area contributed by atoms with E-state index >= 15 is 0 Å². The summed E-state index contributed by atoms with van der Waals surface area (Å²) in [5.41, 5.74) is 5.34. The van der Waals surface area contributed by atoms with Gasteiger partial charge in [-0.05, 0) is 12.1 Å². The van der Waals surface area contributed by atoms with Crippen molar-refractivity contribution in [1.82, 2.24) is 5.32 Å². The van der Waals surface area contributed by atoms with E-state index in [-0.39, 0.29) is 43.5 Å². The predicted octanol–water partition coefficient (Wildman–Crippen LogP) is 0.286. The van der Waals surface area contributed by atoms with E-state index in [0.717, 1.165) is 6.07 Å². The zero-order valence-electron chi connectivity index (χ0n) is 12.1. The number of amides is 2. The second kappa shape index (κ2) is 10.8. The maximum absolute atomic E-state index is 13.7. The Hall–Kier alpha value is -1.90. The number of ether oxygens (including phenoxy) is 2. The standard InChI is InChI=1S/C13H18FN3O4.ClH/c1-20-4-5-21-11-3-2-9(6-10(11)14)17-13(19)8-16-12(18)7-15;/h2-3,6H,4-5,7-8,15H2,1H3,(H,16,18)(H,17,19);1H. The van der Waals surface area contributed by atoms with Crippen LogP contribution in [0.15, 0.2) is 18.2 Å². The van der Waals surface area contributed by atoms with Crippen LogP contribution in [0.2, 0.25) is 0 Å². The number of benzene rings is 1. The largest absolute Gasteiger partial charge is 0.488 e. The molecule has 1 aromatic carbocycles. The van der Waals surface area contributed by atoms with Gasteiger partial charge in [-0.15, -0.1) is 12.4 Å². The minimum Gasteiger partial charge on any atom is -0.488 e. The van der Waals surface area contributed by atoms with Gasteiger partial charge in [0, 0.05) is 18.9 Å². The highest BCUT2D eigenvalue weighted by Crippen LogP contribution is 2.21. The van der Waals surface area contributed by atoms with E-state index in [1.54, 1.807) is 0 Å². The van der Waals surface area contributed by atoms with Crippen LogP contribution in [-0.4, -0.2) is 45.2 Å². The molecule has 124 valence electrons. The summed E-state index contributed by atoms with van der Waals surface area (Å²) in [7, 11) is 1.52. The first-order chi connectivity index (χ1) is 10.1. The molecule has 0 saturated carbocycles. The molecule has 0 radical (unpaired) electrons. The van der Waals surface area contributed by atoms with Gasteiger partial charge in [0.15, 0.2) is 11.6 Å². The summed E-state index contributed by atoms with van der Waals surface area (Å²) < 4.78 is 23.6. The maximum atomic E-state index is 13.7. The molecule has 0 aliphatic rings. The molecule has 4 N–H and O–H groups in total. The Balaban J connectivity index is 0.00000441. The van der Waals surface area contributed by atoms with Crippen LogP contribution < -0.4 is 21.1 Å². The van der Waals surface area contributed by atoms with Gasteiger partial charge in [-0.2, -0.15) is 0 Å². The van der Waals surface area contributed by atoms with Gasteiger partial charge in [0.2, 0.25) is 11.8 Å². The molecular formula is C13H19ClFN3O4. The molecule has 0 bridgehead atoms. The van der Waals surface area contributed by atoms with E-state index < -0.39 is 17.6 Å². The van der Waals surface area contributed by atoms with Crippen LogP contribution in [0.4, 0.5) is 10.1 Å². The van der Waals surface area contributed by atoms with Gasteiger partial charge < -0.3 is 25.8 Å². The highest BCUT2D eigenvalue weighted by atomic mass is 35.5. The second-order valence-electron chi connectivity index (χ2n) is 4.02. The molecular weight excluding hydrogens is 317 g/mol. The molecule has 0 atom stereocenters. The van der Waals surface area contributed by atoms with Crippen molar-refractivity contribution in [2.24, 2.45) is 5.73 Å². The Morgan fingerprint density at radius 1 is 1.27 bits per heavy atom. The average Bonchev–Trinajstić information content (AvgIpc) is 2.47. The topological polar surface area (TPSA) is 103 Å². The number of rotatable bonds is 8. The van der Waals surface area contributed by atoms with E-state index in [2.05, 4.69) is 10.6 Å². The Labute approximate surface area is 133 Å². The first-order valence-corrected chi connectivity index (χ1v) is 6.24. The molecule has 0 aliphatic carbocycles. The van der Waals surface area contributed by atoms with Crippen molar-refractivity contribution in [2.75, 3.05) is 38.7 Å². The first-order valence-electron chi connectivity index (χ1n) is 6.24. The number of nitrogens with two attached hydrogens (primary N) is 1. The maximum Gasteiger partial charge on any atom is 0.243 e. The molecule has 0 saturated heterocycles. The monoisotopic (exact) mass is 335 g/mol. The van der Waals surface area contributed by atoms with Crippen molar-refractivity contribution in [2.45, 2.75) is 0 Å². The van der Waals surface area contributed by atoms with E-state index in [1.165, 1.54) is 19.2 Å². The Kier molecular flexibility index (Phi) is 9.84. The van der Waals surface area contributed by atoms with E-state index in [0.29, 0.717) is 6.61 Å². The third kappa shape index (κ3) is 7.21. The summed E-state index contributed by atoms with van der Waals surface area (Å²) in [6, 6.07) is 4.03. The average molecular weight is 336 g/mol. The minimum atomic E-state index is -0.602. The molecule has 9 heteroatoms. The van der Waals surface area contributed by atoms with Gasteiger partial charge in [-0.3, -0.25) is 9.59 Å². The van der Waals surface area contributed by atoms with Crippen LogP contribution in [0, 0.1) is 5.82 Å². The molecule has 0 fully saturated rings. The van der Waals surface area contributed by atoms with Crippen LogP contribution >= 0.6 is 12.4 Å². The van der Waals surface area contributed by atoms with Gasteiger partial charge in [0.25, 0.3) is 0 Å². The van der Waals surface area contributed by atoms with Gasteiger partial charge in [-0.25, -0.2) is 4.39 Å². The highest BCUT2D eigenvalue weighted by Gasteiger charge is 2.08. The number of nitrogens with one attached hydrogen (secondary N) is 2. The van der Waals surface area contributed by atoms with E-state index in [9.17, 15) is 14.0 Å². The van der Waals surface area contributed by atoms with Crippen molar-refractivity contribution in [3.8, 4) is 5.75 Å². The highest BCUT2D eigenvalue weighted by molar-refractivity contribution is 5.94. The van der Waals surface area contributed by atoms with Crippen molar-refractivity contribution in [3.63, 3.8) is 0 Å². The number of carbonyl (C=O) groups is 2. The number of carbonyl (C=O) groups excluding carboxylic acids is 2. The summed E-state index contributed by atoms with van der Waals surface area (Å²) in [5.74, 6) is -1.46. The molecule has 0 heterocycles. The van der Waals surface area contributed by atoms with Crippen LogP contribution in [-0.2, 0) is 14.3 Å². The zero-order chi connectivity index (χ0) is 15.7. The molecule has 1 aromatic rings. The number of methoxy groups -OCH3 is 1. The number of hydrogen-bond acceptors (Lipinski definition) is 5. The minimum absolute atomic E-state index is 0. The van der Waals surface area contributed by atoms with Crippen LogP contribution in [0.3, 0.4) is 0 Å². The molecule has 0 aromatic heterocycles. The first kappa shape index (κ1) is 20.1. The van der Waals surface area contributed by atoms with Gasteiger partial charge in [-0.1, -0.05) is 0 Å². The lowest BCUT2D eigenvalue weighted by Crippen LogP contribution is -2.36. The van der Waals surface area contributed by atoms with E-state index in [4.69, 9.17) is 15.2 Å². The fraction of sp³-hybridized carbons (Fsp3) is 0.385. The van der Waals surface area contributed by atoms with Crippen molar-refractivity contribution < 1.29 is 23.5 Å². The third-order valence-corrected chi connectivity index (χ3v) is 2.39. The quantitative estimate of drug-likeness (QED) is 0.592. The van der Waals surface area contributed by atoms with Crippen LogP contribution in [0.1, 0.15) is 0 Å². The fourth-order valence-corrected chi connectivity index (χ4v) is 1.39. The fourth-order valence-electron chi connectivity index (χ4n) is 1.39. The smallest absolute Gasteiger partial charge is 0.243 e. The summed E-state index contributed by atoms with van der Waals surface area (Å²) in [5, 5.41) is 4.75. The van der Waals surface area contributed by atoms with Crippen molar-refractivity contribution in [3.05, 3.63) is 24.0 Å². The zero-order valence-corrected chi connectivity index (χ0v) is 12.9. The summed E-state index contributed by atoms with van der Waals surface area (Å²) in [6.45, 7) is 0.141. The molecule has 22 heavy (non-hydrogen) atoms. The summed E-state index contributed by atoms with van der Waals surface area (Å²) in [6.07, 6.45) is 0. The van der Waals surface area contributed by atoms with Gasteiger partial charge in [0.1, 0.15) is 6.61 Å². The van der Waals surface area contributed by atoms with Gasteiger partial charge >= 0.3 is 0 Å². The predicted molar refractivity (Wildman–Crippen MR) is 81.7 cm³/mol. The third-order valence-electron chi connectivity index (χ3n) is 2.39. The van der Waals surface area contributed by atoms with Crippen molar-refractivity contribution in [1.29, 1.82) is 0 Å². The molecule has 2 amide bonds. The lowest BCUT2D eigenvalue weighted by molar-refractivity contribution is -0.123. The summed E-state index contributed by atoms with van der Waals surface area (Å²) in [4.78, 5) is 22.4. The lowest BCUT2D eigenvalue weighted by atomic mass is 10.3. The second-order valence-corrected chi connectivity index (χ2v) is 4.02. The Morgan fingerprint density at radius 2 is 2.00 bits per heavy atom. The SMILES string of the molecule is COCCOc1ccc(NC(=O)CNC(=O)CN)cc1F.Cl. The lowest BCUT2D eigenvalue weighted by Gasteiger charge is -2.09. The molecule has 0 spiro atoms. The number of halogens is 2. The molecule has 0 unspecified atom stereocenters.